The zero-order valence-corrected chi connectivity index (χ0v) is 14.6. The van der Waals surface area contributed by atoms with E-state index in [1.54, 1.807) is 6.92 Å². The van der Waals surface area contributed by atoms with Gasteiger partial charge in [-0.15, -0.1) is 0 Å². The molecule has 1 amide bonds. The molecule has 1 saturated carbocycles. The predicted octanol–water partition coefficient (Wildman–Crippen LogP) is 2.69. The zero-order chi connectivity index (χ0) is 15.9. The Labute approximate surface area is 133 Å². The normalized spacial score (nSPS) is 25.1. The predicted molar refractivity (Wildman–Crippen MR) is 89.2 cm³/mol. The maximum atomic E-state index is 12.1. The Morgan fingerprint density at radius 3 is 2.67 bits per heavy atom. The van der Waals surface area contributed by atoms with Crippen molar-refractivity contribution in [3.8, 4) is 6.07 Å². The summed E-state index contributed by atoms with van der Waals surface area (Å²) >= 11 is 1.99. The summed E-state index contributed by atoms with van der Waals surface area (Å²) in [5.74, 6) is 1.12. The van der Waals surface area contributed by atoms with Crippen LogP contribution in [0.4, 0.5) is 0 Å². The molecule has 1 aliphatic carbocycles. The molecule has 4 nitrogen and oxygen atoms in total. The van der Waals surface area contributed by atoms with E-state index in [2.05, 4.69) is 23.6 Å². The fourth-order valence-corrected chi connectivity index (χ4v) is 3.83. The number of hydrogen-bond acceptors (Lipinski definition) is 4. The Kier molecular flexibility index (Phi) is 7.55. The Balaban J connectivity index is 2.46. The molecule has 1 rings (SSSR count). The molecular weight excluding hydrogens is 282 g/mol. The number of hydrogen-bond donors (Lipinski definition) is 2. The van der Waals surface area contributed by atoms with Crippen molar-refractivity contribution in [3.05, 3.63) is 0 Å². The Morgan fingerprint density at radius 1 is 1.43 bits per heavy atom. The van der Waals surface area contributed by atoms with Crippen molar-refractivity contribution in [2.24, 2.45) is 5.92 Å². The maximum Gasteiger partial charge on any atom is 0.235 e. The average molecular weight is 311 g/mol. The fraction of sp³-hybridized carbons (Fsp3) is 0.875. The van der Waals surface area contributed by atoms with Gasteiger partial charge in [-0.1, -0.05) is 33.6 Å². The summed E-state index contributed by atoms with van der Waals surface area (Å²) in [6.45, 7) is 8.17. The first kappa shape index (κ1) is 18.3. The molecule has 0 bridgehead atoms. The van der Waals surface area contributed by atoms with Crippen LogP contribution in [0, 0.1) is 17.2 Å². The van der Waals surface area contributed by atoms with Gasteiger partial charge in [-0.25, -0.2) is 0 Å². The molecular formula is C16H29N3OS. The first-order chi connectivity index (χ1) is 9.92. The molecule has 1 fully saturated rings. The van der Waals surface area contributed by atoms with Gasteiger partial charge in [-0.3, -0.25) is 4.79 Å². The lowest BCUT2D eigenvalue weighted by Crippen LogP contribution is -2.53. The van der Waals surface area contributed by atoms with Crippen molar-refractivity contribution in [1.82, 2.24) is 10.6 Å². The minimum Gasteiger partial charge on any atom is -0.337 e. The van der Waals surface area contributed by atoms with Crippen molar-refractivity contribution in [3.63, 3.8) is 0 Å². The van der Waals surface area contributed by atoms with E-state index < -0.39 is 5.54 Å². The second kappa shape index (κ2) is 8.65. The van der Waals surface area contributed by atoms with Gasteiger partial charge in [0.2, 0.25) is 5.91 Å². The first-order valence-electron chi connectivity index (χ1n) is 8.00. The van der Waals surface area contributed by atoms with Crippen LogP contribution in [-0.2, 0) is 4.79 Å². The minimum atomic E-state index is -0.789. The molecule has 5 heteroatoms. The Morgan fingerprint density at radius 2 is 2.10 bits per heavy atom. The van der Waals surface area contributed by atoms with Gasteiger partial charge in [0, 0.05) is 11.3 Å². The van der Waals surface area contributed by atoms with Gasteiger partial charge >= 0.3 is 0 Å². The molecule has 3 atom stereocenters. The third kappa shape index (κ3) is 5.52. The molecule has 2 N–H and O–H groups in total. The van der Waals surface area contributed by atoms with Crippen LogP contribution in [-0.4, -0.2) is 35.0 Å². The van der Waals surface area contributed by atoms with Crippen LogP contribution in [0.1, 0.15) is 53.4 Å². The van der Waals surface area contributed by atoms with Crippen LogP contribution >= 0.6 is 11.8 Å². The van der Waals surface area contributed by atoms with Gasteiger partial charge in [0.05, 0.1) is 12.6 Å². The fourth-order valence-electron chi connectivity index (χ4n) is 2.60. The number of nitriles is 1. The maximum absolute atomic E-state index is 12.1. The molecule has 0 radical (unpaired) electrons. The lowest BCUT2D eigenvalue weighted by molar-refractivity contribution is -0.122. The van der Waals surface area contributed by atoms with Gasteiger partial charge in [0.15, 0.2) is 0 Å². The highest BCUT2D eigenvalue weighted by Crippen LogP contribution is 2.28. The molecule has 21 heavy (non-hydrogen) atoms. The first-order valence-corrected chi connectivity index (χ1v) is 9.05. The molecule has 0 aromatic carbocycles. The lowest BCUT2D eigenvalue weighted by atomic mass is 9.90. The zero-order valence-electron chi connectivity index (χ0n) is 13.7. The summed E-state index contributed by atoms with van der Waals surface area (Å²) in [5, 5.41) is 16.1. The number of carbonyl (C=O) groups excluding carboxylic acids is 1. The summed E-state index contributed by atoms with van der Waals surface area (Å²) < 4.78 is 0. The average Bonchev–Trinajstić information content (AvgIpc) is 2.46. The number of amides is 1. The molecule has 1 aliphatic rings. The van der Waals surface area contributed by atoms with Crippen molar-refractivity contribution in [1.29, 1.82) is 5.26 Å². The molecule has 120 valence electrons. The SMILES string of the molecule is CCS[C@@H]1CCCC[C@@H]1NCC(=O)N[C@](C)(C#N)C(C)C. The highest BCUT2D eigenvalue weighted by Gasteiger charge is 2.30. The second-order valence-corrected chi connectivity index (χ2v) is 7.80. The topological polar surface area (TPSA) is 64.9 Å². The van der Waals surface area contributed by atoms with E-state index in [0.717, 1.165) is 12.2 Å². The van der Waals surface area contributed by atoms with Crippen molar-refractivity contribution < 1.29 is 4.79 Å². The molecule has 0 unspecified atom stereocenters. The number of thioether (sulfide) groups is 1. The standard InChI is InChI=1S/C16H29N3OS/c1-5-21-14-9-7-6-8-13(14)18-10-15(20)19-16(4,11-17)12(2)3/h12-14,18H,5-10H2,1-4H3,(H,19,20)/t13-,14+,16+/m0/s1. The minimum absolute atomic E-state index is 0.0847. The lowest BCUT2D eigenvalue weighted by Gasteiger charge is -2.32. The van der Waals surface area contributed by atoms with Gasteiger partial charge in [0.25, 0.3) is 0 Å². The van der Waals surface area contributed by atoms with Crippen LogP contribution in [0.2, 0.25) is 0 Å². The Hall–Kier alpha value is -0.730. The van der Waals surface area contributed by atoms with Crippen molar-refractivity contribution >= 4 is 17.7 Å². The summed E-state index contributed by atoms with van der Waals surface area (Å²) in [4.78, 5) is 12.1. The van der Waals surface area contributed by atoms with Crippen LogP contribution < -0.4 is 10.6 Å². The van der Waals surface area contributed by atoms with Gasteiger partial charge < -0.3 is 10.6 Å². The second-order valence-electron chi connectivity index (χ2n) is 6.28. The molecule has 0 aromatic rings. The van der Waals surface area contributed by atoms with Gasteiger partial charge in [-0.2, -0.15) is 17.0 Å². The number of rotatable bonds is 7. The Bertz CT molecular complexity index is 378. The van der Waals surface area contributed by atoms with Crippen LogP contribution in [0.3, 0.4) is 0 Å². The molecule has 0 heterocycles. The number of nitrogens with one attached hydrogen (secondary N) is 2. The molecule has 0 aliphatic heterocycles. The molecule has 0 aromatic heterocycles. The highest BCUT2D eigenvalue weighted by atomic mass is 32.2. The van der Waals surface area contributed by atoms with Gasteiger partial charge in [-0.05, 0) is 31.4 Å². The van der Waals surface area contributed by atoms with Crippen molar-refractivity contribution in [2.45, 2.75) is 70.2 Å². The monoisotopic (exact) mass is 311 g/mol. The van der Waals surface area contributed by atoms with E-state index in [9.17, 15) is 10.1 Å². The highest BCUT2D eigenvalue weighted by molar-refractivity contribution is 7.99. The molecule has 0 spiro atoms. The van der Waals surface area contributed by atoms with Crippen LogP contribution in [0.5, 0.6) is 0 Å². The number of nitrogens with zero attached hydrogens (tertiary/aromatic N) is 1. The molecule has 0 saturated heterocycles. The smallest absolute Gasteiger partial charge is 0.235 e. The van der Waals surface area contributed by atoms with Gasteiger partial charge in [0.1, 0.15) is 5.54 Å². The number of carbonyl (C=O) groups is 1. The quantitative estimate of drug-likeness (QED) is 0.759. The van der Waals surface area contributed by atoms with Crippen LogP contribution in [0.15, 0.2) is 0 Å². The third-order valence-electron chi connectivity index (χ3n) is 4.39. The summed E-state index contributed by atoms with van der Waals surface area (Å²) in [6, 6.07) is 2.63. The van der Waals surface area contributed by atoms with E-state index in [1.807, 2.05) is 25.6 Å². The van der Waals surface area contributed by atoms with E-state index in [-0.39, 0.29) is 11.8 Å². The third-order valence-corrected chi connectivity index (χ3v) is 5.72. The largest absolute Gasteiger partial charge is 0.337 e. The van der Waals surface area contributed by atoms with E-state index in [4.69, 9.17) is 0 Å². The van der Waals surface area contributed by atoms with Crippen LogP contribution in [0.25, 0.3) is 0 Å². The van der Waals surface area contributed by atoms with Crippen molar-refractivity contribution in [2.75, 3.05) is 12.3 Å². The van der Waals surface area contributed by atoms with E-state index in [0.29, 0.717) is 17.8 Å². The van der Waals surface area contributed by atoms with E-state index >= 15 is 0 Å². The van der Waals surface area contributed by atoms with E-state index in [1.165, 1.54) is 19.3 Å². The summed E-state index contributed by atoms with van der Waals surface area (Å²) in [6.07, 6.45) is 4.91. The summed E-state index contributed by atoms with van der Waals surface area (Å²) in [5.41, 5.74) is -0.789. The summed E-state index contributed by atoms with van der Waals surface area (Å²) in [7, 11) is 0.